The van der Waals surface area contributed by atoms with Gasteiger partial charge in [-0.3, -0.25) is 4.79 Å². The number of aromatic nitrogens is 2. The molecule has 3 aromatic rings. The van der Waals surface area contributed by atoms with E-state index in [1.165, 1.54) is 6.26 Å². The summed E-state index contributed by atoms with van der Waals surface area (Å²) in [5, 5.41) is 9.62. The Balaban J connectivity index is 1.67. The highest BCUT2D eigenvalue weighted by molar-refractivity contribution is 8.00. The summed E-state index contributed by atoms with van der Waals surface area (Å²) in [6.45, 7) is 3.35. The summed E-state index contributed by atoms with van der Waals surface area (Å²) in [7, 11) is 0. The lowest BCUT2D eigenvalue weighted by atomic mass is 10.3. The smallest absolute Gasteiger partial charge is 0.277 e. The summed E-state index contributed by atoms with van der Waals surface area (Å²) in [5.74, 6) is -0.977. The maximum atomic E-state index is 13.6. The van der Waals surface area contributed by atoms with Gasteiger partial charge in [0.15, 0.2) is 0 Å². The van der Waals surface area contributed by atoms with Crippen molar-refractivity contribution < 1.29 is 22.4 Å². The van der Waals surface area contributed by atoms with Gasteiger partial charge >= 0.3 is 0 Å². The molecule has 0 spiro atoms. The lowest BCUT2D eigenvalue weighted by molar-refractivity contribution is -0.115. The number of benzene rings is 1. The first-order chi connectivity index (χ1) is 11.9. The van der Waals surface area contributed by atoms with E-state index >= 15 is 0 Å². The van der Waals surface area contributed by atoms with E-state index in [0.717, 1.165) is 30.0 Å². The van der Waals surface area contributed by atoms with Crippen molar-refractivity contribution in [2.24, 2.45) is 0 Å². The number of hydrogen-bond acceptors (Lipinski definition) is 6. The Hall–Kier alpha value is -2.68. The molecule has 130 valence electrons. The molecule has 3 rings (SSSR count). The van der Waals surface area contributed by atoms with Crippen LogP contribution in [0.5, 0.6) is 0 Å². The van der Waals surface area contributed by atoms with E-state index in [2.05, 4.69) is 15.5 Å². The largest absolute Gasteiger partial charge is 0.469 e. The first kappa shape index (κ1) is 17.2. The van der Waals surface area contributed by atoms with Crippen molar-refractivity contribution in [1.29, 1.82) is 0 Å². The molecule has 0 saturated heterocycles. The van der Waals surface area contributed by atoms with Crippen molar-refractivity contribution >= 4 is 23.4 Å². The lowest BCUT2D eigenvalue weighted by Crippen LogP contribution is -2.23. The van der Waals surface area contributed by atoms with Crippen molar-refractivity contribution in [3.8, 4) is 11.5 Å². The molecule has 0 unspecified atom stereocenters. The molecule has 6 nitrogen and oxygen atoms in total. The van der Waals surface area contributed by atoms with Gasteiger partial charge in [-0.15, -0.1) is 10.2 Å². The minimum atomic E-state index is -0.720. The van der Waals surface area contributed by atoms with Crippen LogP contribution in [-0.2, 0) is 4.79 Å². The van der Waals surface area contributed by atoms with Crippen LogP contribution in [0.4, 0.5) is 14.5 Å². The zero-order chi connectivity index (χ0) is 18.0. The number of thioether (sulfide) groups is 1. The van der Waals surface area contributed by atoms with Crippen LogP contribution < -0.4 is 5.32 Å². The van der Waals surface area contributed by atoms with Crippen molar-refractivity contribution in [2.75, 3.05) is 5.32 Å². The van der Waals surface area contributed by atoms with Gasteiger partial charge in [-0.05, 0) is 32.0 Å². The summed E-state index contributed by atoms with van der Waals surface area (Å²) in [4.78, 5) is 12.1. The molecule has 0 fully saturated rings. The van der Waals surface area contributed by atoms with Crippen LogP contribution in [0, 0.1) is 18.6 Å². The second kappa shape index (κ2) is 7.06. The zero-order valence-corrected chi connectivity index (χ0v) is 14.1. The predicted octanol–water partition coefficient (Wildman–Crippen LogP) is 4.04. The third-order valence-corrected chi connectivity index (χ3v) is 4.26. The molecule has 1 atom stereocenters. The topological polar surface area (TPSA) is 81.2 Å². The van der Waals surface area contributed by atoms with E-state index in [9.17, 15) is 13.6 Å². The zero-order valence-electron chi connectivity index (χ0n) is 13.2. The van der Waals surface area contributed by atoms with E-state index < -0.39 is 22.8 Å². The minimum absolute atomic E-state index is 0.179. The number of furan rings is 1. The number of aryl methyl sites for hydroxylation is 1. The van der Waals surface area contributed by atoms with Gasteiger partial charge in [0.2, 0.25) is 5.91 Å². The molecule has 2 heterocycles. The van der Waals surface area contributed by atoms with Gasteiger partial charge in [0.05, 0.1) is 22.8 Å². The summed E-state index contributed by atoms with van der Waals surface area (Å²) >= 11 is 1.01. The average Bonchev–Trinajstić information content (AvgIpc) is 3.19. The normalized spacial score (nSPS) is 12.2. The SMILES string of the molecule is Cc1occc1-c1nnc(S[C@H](C)C(=O)Nc2cc(F)ccc2F)o1. The van der Waals surface area contributed by atoms with E-state index in [-0.39, 0.29) is 16.8 Å². The Morgan fingerprint density at radius 2 is 2.08 bits per heavy atom. The van der Waals surface area contributed by atoms with Crippen molar-refractivity contribution in [2.45, 2.75) is 24.3 Å². The maximum Gasteiger partial charge on any atom is 0.277 e. The van der Waals surface area contributed by atoms with Gasteiger partial charge < -0.3 is 14.2 Å². The highest BCUT2D eigenvalue weighted by atomic mass is 32.2. The van der Waals surface area contributed by atoms with Crippen LogP contribution >= 0.6 is 11.8 Å². The van der Waals surface area contributed by atoms with Gasteiger partial charge in [0.1, 0.15) is 17.4 Å². The third kappa shape index (κ3) is 3.87. The Morgan fingerprint density at radius 3 is 2.80 bits per heavy atom. The predicted molar refractivity (Wildman–Crippen MR) is 87.0 cm³/mol. The number of nitrogens with one attached hydrogen (secondary N) is 1. The molecule has 1 amide bonds. The number of carbonyl (C=O) groups is 1. The van der Waals surface area contributed by atoms with Gasteiger partial charge in [-0.2, -0.15) is 0 Å². The van der Waals surface area contributed by atoms with E-state index in [1.54, 1.807) is 19.9 Å². The number of halogens is 2. The number of amides is 1. The fraction of sp³-hybridized carbons (Fsp3) is 0.188. The molecular weight excluding hydrogens is 352 g/mol. The molecule has 1 aromatic carbocycles. The molecule has 0 bridgehead atoms. The summed E-state index contributed by atoms with van der Waals surface area (Å²) < 4.78 is 37.4. The molecule has 0 saturated carbocycles. The highest BCUT2D eigenvalue weighted by Crippen LogP contribution is 2.29. The lowest BCUT2D eigenvalue weighted by Gasteiger charge is -2.10. The van der Waals surface area contributed by atoms with Gasteiger partial charge in [0, 0.05) is 6.07 Å². The summed E-state index contributed by atoms with van der Waals surface area (Å²) in [5.41, 5.74) is 0.441. The molecule has 0 aliphatic heterocycles. The minimum Gasteiger partial charge on any atom is -0.469 e. The van der Waals surface area contributed by atoms with Crippen LogP contribution in [-0.4, -0.2) is 21.4 Å². The first-order valence-electron chi connectivity index (χ1n) is 7.24. The van der Waals surface area contributed by atoms with Crippen molar-refractivity contribution in [3.05, 3.63) is 47.9 Å². The van der Waals surface area contributed by atoms with Crippen LogP contribution in [0.15, 0.2) is 44.6 Å². The second-order valence-corrected chi connectivity index (χ2v) is 6.43. The van der Waals surface area contributed by atoms with Crippen molar-refractivity contribution in [3.63, 3.8) is 0 Å². The Morgan fingerprint density at radius 1 is 1.28 bits per heavy atom. The fourth-order valence-electron chi connectivity index (χ4n) is 2.01. The van der Waals surface area contributed by atoms with Crippen LogP contribution in [0.3, 0.4) is 0 Å². The van der Waals surface area contributed by atoms with E-state index in [1.807, 2.05) is 0 Å². The average molecular weight is 365 g/mol. The van der Waals surface area contributed by atoms with Crippen LogP contribution in [0.2, 0.25) is 0 Å². The summed E-state index contributed by atoms with van der Waals surface area (Å²) in [6, 6.07) is 4.53. The van der Waals surface area contributed by atoms with E-state index in [0.29, 0.717) is 11.3 Å². The Kier molecular flexibility index (Phi) is 4.84. The molecule has 25 heavy (non-hydrogen) atoms. The quantitative estimate of drug-likeness (QED) is 0.688. The Bertz CT molecular complexity index is 910. The Labute approximate surface area is 145 Å². The molecule has 0 radical (unpaired) electrons. The van der Waals surface area contributed by atoms with Crippen LogP contribution in [0.1, 0.15) is 12.7 Å². The monoisotopic (exact) mass is 365 g/mol. The molecule has 1 N–H and O–H groups in total. The number of hydrogen-bond donors (Lipinski definition) is 1. The van der Waals surface area contributed by atoms with Crippen LogP contribution in [0.25, 0.3) is 11.5 Å². The number of nitrogens with zero attached hydrogens (tertiary/aromatic N) is 2. The first-order valence-corrected chi connectivity index (χ1v) is 8.12. The van der Waals surface area contributed by atoms with Gasteiger partial charge in [-0.1, -0.05) is 11.8 Å². The number of carbonyl (C=O) groups excluding carboxylic acids is 1. The molecule has 0 aliphatic rings. The number of anilines is 1. The molecular formula is C16H13F2N3O3S. The third-order valence-electron chi connectivity index (χ3n) is 3.33. The standard InChI is InChI=1S/C16H13F2N3O3S/c1-8-11(5-6-23-8)15-20-21-16(24-15)25-9(2)14(22)19-13-7-10(17)3-4-12(13)18/h3-7,9H,1-2H3,(H,19,22)/t9-/m1/s1. The fourth-order valence-corrected chi connectivity index (χ4v) is 2.69. The summed E-state index contributed by atoms with van der Waals surface area (Å²) in [6.07, 6.45) is 1.51. The van der Waals surface area contributed by atoms with Gasteiger partial charge in [0.25, 0.3) is 11.1 Å². The van der Waals surface area contributed by atoms with Gasteiger partial charge in [-0.25, -0.2) is 8.78 Å². The molecule has 2 aromatic heterocycles. The molecule has 0 aliphatic carbocycles. The number of rotatable bonds is 5. The van der Waals surface area contributed by atoms with E-state index in [4.69, 9.17) is 8.83 Å². The maximum absolute atomic E-state index is 13.6. The highest BCUT2D eigenvalue weighted by Gasteiger charge is 2.21. The second-order valence-electron chi connectivity index (χ2n) is 5.14. The van der Waals surface area contributed by atoms with Crippen molar-refractivity contribution in [1.82, 2.24) is 10.2 Å². The molecule has 9 heteroatoms.